The minimum absolute atomic E-state index is 0.143. The number of hydrogen-bond acceptors (Lipinski definition) is 7. The highest BCUT2D eigenvalue weighted by Gasteiger charge is 2.41. The van der Waals surface area contributed by atoms with Gasteiger partial charge in [-0.1, -0.05) is 11.6 Å². The first kappa shape index (κ1) is 21.3. The van der Waals surface area contributed by atoms with Crippen LogP contribution in [0, 0.1) is 5.82 Å². The molecule has 3 heterocycles. The summed E-state index contributed by atoms with van der Waals surface area (Å²) in [5, 5.41) is 3.01. The van der Waals surface area contributed by atoms with E-state index in [0.29, 0.717) is 5.01 Å². The molecule has 3 aromatic rings. The molecular weight excluding hydrogens is 473 g/mol. The highest BCUT2D eigenvalue weighted by molar-refractivity contribution is 7.87. The Kier molecular flexibility index (Phi) is 5.88. The van der Waals surface area contributed by atoms with Gasteiger partial charge in [0.1, 0.15) is 16.9 Å². The minimum atomic E-state index is -3.91. The second-order valence-corrected chi connectivity index (χ2v) is 10.6. The van der Waals surface area contributed by atoms with Gasteiger partial charge in [-0.15, -0.1) is 22.7 Å². The number of nitrogens with one attached hydrogen (secondary N) is 2. The van der Waals surface area contributed by atoms with Crippen molar-refractivity contribution < 1.29 is 17.6 Å². The summed E-state index contributed by atoms with van der Waals surface area (Å²) in [6.45, 7) is 0. The first-order chi connectivity index (χ1) is 14.2. The van der Waals surface area contributed by atoms with Crippen LogP contribution in [-0.2, 0) is 15.0 Å². The van der Waals surface area contributed by atoms with E-state index in [1.165, 1.54) is 41.9 Å². The van der Waals surface area contributed by atoms with Gasteiger partial charge in [-0.25, -0.2) is 9.37 Å². The van der Waals surface area contributed by atoms with Crippen molar-refractivity contribution in [1.82, 2.24) is 19.0 Å². The van der Waals surface area contributed by atoms with Crippen LogP contribution in [0.1, 0.15) is 17.5 Å². The Morgan fingerprint density at radius 3 is 2.87 bits per heavy atom. The maximum atomic E-state index is 13.3. The number of anilines is 1. The Morgan fingerprint density at radius 1 is 1.37 bits per heavy atom. The lowest BCUT2D eigenvalue weighted by Crippen LogP contribution is -2.55. The van der Waals surface area contributed by atoms with Gasteiger partial charge in [-0.2, -0.15) is 17.4 Å². The molecule has 1 aliphatic heterocycles. The Bertz CT molecular complexity index is 1190. The zero-order chi connectivity index (χ0) is 21.5. The fraction of sp³-hybridized carbons (Fsp3) is 0.235. The van der Waals surface area contributed by atoms with Crippen LogP contribution < -0.4 is 10.0 Å². The molecule has 2 N–H and O–H groups in total. The van der Waals surface area contributed by atoms with E-state index < -0.39 is 34.0 Å². The zero-order valence-electron chi connectivity index (χ0n) is 15.4. The lowest BCUT2D eigenvalue weighted by atomic mass is 10.1. The van der Waals surface area contributed by atoms with Crippen molar-refractivity contribution in [1.29, 1.82) is 0 Å². The summed E-state index contributed by atoms with van der Waals surface area (Å²) in [5.41, 5.74) is 1.98. The predicted molar refractivity (Wildman–Crippen MR) is 114 cm³/mol. The molecule has 13 heteroatoms. The van der Waals surface area contributed by atoms with Crippen LogP contribution in [0.4, 0.5) is 10.1 Å². The van der Waals surface area contributed by atoms with Gasteiger partial charge in [0.15, 0.2) is 0 Å². The average Bonchev–Trinajstić information content (AvgIpc) is 3.38. The van der Waals surface area contributed by atoms with E-state index in [1.54, 1.807) is 17.9 Å². The first-order valence-electron chi connectivity index (χ1n) is 8.60. The smallest absolute Gasteiger partial charge is 0.280 e. The molecular formula is C17H15ClFN5O3S3. The molecule has 0 spiro atoms. The molecule has 1 fully saturated rings. The third-order valence-electron chi connectivity index (χ3n) is 4.55. The Balaban J connectivity index is 1.57. The number of likely N-dealkylation sites (N-methyl/N-ethyl adjacent to an activating group) is 1. The number of thiazole rings is 2. The molecule has 8 nitrogen and oxygen atoms in total. The first-order valence-corrected chi connectivity index (χ1v) is 12.1. The standard InChI is InChI=1S/C17H15ClFN5O3S3/c1-24-13(16(25)22-9-2-3-11(19)10(18)4-9)5-12(23-30(24,26)27)17-21-7-15(29-17)14-6-20-8-28-14/h2-4,6-8,12-13,23H,5H2,1H3,(H,22,25)/t12-,13+/m1/s1. The second-order valence-electron chi connectivity index (χ2n) is 6.49. The summed E-state index contributed by atoms with van der Waals surface area (Å²) in [5.74, 6) is -1.16. The van der Waals surface area contributed by atoms with E-state index in [9.17, 15) is 17.6 Å². The van der Waals surface area contributed by atoms with E-state index in [-0.39, 0.29) is 17.1 Å². The van der Waals surface area contributed by atoms with E-state index >= 15 is 0 Å². The average molecular weight is 488 g/mol. The van der Waals surface area contributed by atoms with Crippen LogP contribution in [0.25, 0.3) is 9.75 Å². The highest BCUT2D eigenvalue weighted by Crippen LogP contribution is 2.35. The molecule has 1 aliphatic rings. The number of hydrogen-bond donors (Lipinski definition) is 2. The molecule has 1 amide bonds. The number of rotatable bonds is 4. The lowest BCUT2D eigenvalue weighted by Gasteiger charge is -2.35. The van der Waals surface area contributed by atoms with E-state index in [2.05, 4.69) is 20.0 Å². The van der Waals surface area contributed by atoms with Crippen molar-refractivity contribution in [3.8, 4) is 9.75 Å². The van der Waals surface area contributed by atoms with Gasteiger partial charge in [-0.05, 0) is 24.6 Å². The van der Waals surface area contributed by atoms with Gasteiger partial charge >= 0.3 is 0 Å². The molecule has 0 bridgehead atoms. The topological polar surface area (TPSA) is 104 Å². The zero-order valence-corrected chi connectivity index (χ0v) is 18.6. The fourth-order valence-electron chi connectivity index (χ4n) is 2.97. The number of carbonyl (C=O) groups excluding carboxylic acids is 1. The van der Waals surface area contributed by atoms with Crippen LogP contribution in [0.3, 0.4) is 0 Å². The van der Waals surface area contributed by atoms with E-state index in [0.717, 1.165) is 20.1 Å². The van der Waals surface area contributed by atoms with Gasteiger partial charge in [0, 0.05) is 25.1 Å². The minimum Gasteiger partial charge on any atom is -0.325 e. The highest BCUT2D eigenvalue weighted by atomic mass is 35.5. The number of halogens is 2. The van der Waals surface area contributed by atoms with Crippen LogP contribution >= 0.6 is 34.3 Å². The molecule has 2 atom stereocenters. The van der Waals surface area contributed by atoms with Gasteiger partial charge in [-0.3, -0.25) is 9.78 Å². The molecule has 0 saturated carbocycles. The quantitative estimate of drug-likeness (QED) is 0.587. The molecule has 2 aromatic heterocycles. The normalized spacial score (nSPS) is 21.4. The fourth-order valence-corrected chi connectivity index (χ4v) is 6.16. The van der Waals surface area contributed by atoms with Crippen LogP contribution in [0.15, 0.2) is 36.1 Å². The molecule has 1 aromatic carbocycles. The predicted octanol–water partition coefficient (Wildman–Crippen LogP) is 3.28. The van der Waals surface area contributed by atoms with Crippen molar-refractivity contribution in [2.45, 2.75) is 18.5 Å². The Hall–Kier alpha value is -1.96. The third kappa shape index (κ3) is 4.24. The molecule has 1 saturated heterocycles. The summed E-state index contributed by atoms with van der Waals surface area (Å²) in [6, 6.07) is 2.10. The van der Waals surface area contributed by atoms with Gasteiger partial charge in [0.25, 0.3) is 10.2 Å². The summed E-state index contributed by atoms with van der Waals surface area (Å²) >= 11 is 8.55. The number of benzene rings is 1. The number of carbonyl (C=O) groups is 1. The molecule has 0 radical (unpaired) electrons. The third-order valence-corrected chi connectivity index (χ3v) is 8.52. The van der Waals surface area contributed by atoms with E-state index in [4.69, 9.17) is 11.6 Å². The SMILES string of the molecule is CN1[C@H](C(=O)Nc2ccc(F)c(Cl)c2)C[C@H](c2ncc(-c3cncs3)s2)NS1(=O)=O. The van der Waals surface area contributed by atoms with Crippen molar-refractivity contribution in [3.05, 3.63) is 52.0 Å². The summed E-state index contributed by atoms with van der Waals surface area (Å²) < 4.78 is 42.1. The molecule has 4 rings (SSSR count). The Morgan fingerprint density at radius 2 is 2.17 bits per heavy atom. The summed E-state index contributed by atoms with van der Waals surface area (Å²) in [7, 11) is -2.59. The largest absolute Gasteiger partial charge is 0.325 e. The monoisotopic (exact) mass is 487 g/mol. The van der Waals surface area contributed by atoms with Crippen LogP contribution in [0.5, 0.6) is 0 Å². The Labute approximate surface area is 184 Å². The van der Waals surface area contributed by atoms with Gasteiger partial charge in [0.05, 0.1) is 26.3 Å². The molecule has 158 valence electrons. The van der Waals surface area contributed by atoms with Crippen molar-refractivity contribution in [2.24, 2.45) is 0 Å². The van der Waals surface area contributed by atoms with Gasteiger partial charge < -0.3 is 5.32 Å². The maximum absolute atomic E-state index is 13.3. The maximum Gasteiger partial charge on any atom is 0.280 e. The molecule has 0 aliphatic carbocycles. The summed E-state index contributed by atoms with van der Waals surface area (Å²) in [4.78, 5) is 23.0. The van der Waals surface area contributed by atoms with E-state index in [1.807, 2.05) is 0 Å². The van der Waals surface area contributed by atoms with Crippen LogP contribution in [0.2, 0.25) is 5.02 Å². The van der Waals surface area contributed by atoms with Crippen molar-refractivity contribution in [2.75, 3.05) is 12.4 Å². The second kappa shape index (κ2) is 8.29. The van der Waals surface area contributed by atoms with Crippen LogP contribution in [-0.4, -0.2) is 41.7 Å². The summed E-state index contributed by atoms with van der Waals surface area (Å²) in [6.07, 6.45) is 3.55. The van der Waals surface area contributed by atoms with Gasteiger partial charge in [0.2, 0.25) is 5.91 Å². The van der Waals surface area contributed by atoms with Crippen molar-refractivity contribution >= 4 is 56.1 Å². The molecule has 30 heavy (non-hydrogen) atoms. The number of amides is 1. The van der Waals surface area contributed by atoms with Crippen molar-refractivity contribution in [3.63, 3.8) is 0 Å². The lowest BCUT2D eigenvalue weighted by molar-refractivity contribution is -0.120. The number of aromatic nitrogens is 2. The number of nitrogens with zero attached hydrogens (tertiary/aromatic N) is 3. The molecule has 0 unspecified atom stereocenters.